The zero-order chi connectivity index (χ0) is 15.6. The van der Waals surface area contributed by atoms with Gasteiger partial charge in [0.15, 0.2) is 5.78 Å². The van der Waals surface area contributed by atoms with Crippen LogP contribution >= 0.6 is 0 Å². The second-order valence-electron chi connectivity index (χ2n) is 6.08. The molecule has 0 spiro atoms. The normalized spacial score (nSPS) is 26.5. The molecule has 21 heavy (non-hydrogen) atoms. The summed E-state index contributed by atoms with van der Waals surface area (Å²) in [6.45, 7) is 5.70. The molecule has 0 heterocycles. The van der Waals surface area contributed by atoms with Crippen LogP contribution in [0.5, 0.6) is 0 Å². The van der Waals surface area contributed by atoms with Gasteiger partial charge in [-0.1, -0.05) is 38.8 Å². The Labute approximate surface area is 127 Å². The van der Waals surface area contributed by atoms with E-state index in [1.807, 2.05) is 0 Å². The third-order valence-electron chi connectivity index (χ3n) is 4.56. The fourth-order valence-corrected chi connectivity index (χ4v) is 4.30. The van der Waals surface area contributed by atoms with Gasteiger partial charge in [-0.3, -0.25) is 4.79 Å². The maximum atomic E-state index is 12.5. The summed E-state index contributed by atoms with van der Waals surface area (Å²) >= 11 is 0. The smallest absolute Gasteiger partial charge is 0.240 e. The van der Waals surface area contributed by atoms with E-state index in [1.165, 1.54) is 19.1 Å². The van der Waals surface area contributed by atoms with E-state index >= 15 is 0 Å². The Kier molecular flexibility index (Phi) is 4.84. The van der Waals surface area contributed by atoms with Crippen LogP contribution in [-0.4, -0.2) is 20.2 Å². The molecule has 1 aromatic carbocycles. The van der Waals surface area contributed by atoms with Gasteiger partial charge in [-0.2, -0.15) is 0 Å². The third-order valence-corrected chi connectivity index (χ3v) is 6.05. The fourth-order valence-electron chi connectivity index (χ4n) is 2.90. The molecule has 0 aliphatic heterocycles. The summed E-state index contributed by atoms with van der Waals surface area (Å²) in [6.07, 6.45) is 3.07. The van der Waals surface area contributed by atoms with Crippen molar-refractivity contribution < 1.29 is 13.2 Å². The lowest BCUT2D eigenvalue weighted by Gasteiger charge is -2.34. The van der Waals surface area contributed by atoms with Gasteiger partial charge < -0.3 is 0 Å². The van der Waals surface area contributed by atoms with Gasteiger partial charge in [0.25, 0.3) is 0 Å². The van der Waals surface area contributed by atoms with Crippen molar-refractivity contribution in [1.29, 1.82) is 0 Å². The Morgan fingerprint density at radius 1 is 1.24 bits per heavy atom. The molecule has 0 saturated heterocycles. The van der Waals surface area contributed by atoms with Gasteiger partial charge in [0.1, 0.15) is 0 Å². The first-order chi connectivity index (χ1) is 9.81. The first-order valence-corrected chi connectivity index (χ1v) is 8.93. The summed E-state index contributed by atoms with van der Waals surface area (Å²) < 4.78 is 27.8. The number of hydrogen-bond acceptors (Lipinski definition) is 3. The lowest BCUT2D eigenvalue weighted by Crippen LogP contribution is -2.43. The summed E-state index contributed by atoms with van der Waals surface area (Å²) in [5.74, 6) is 0.714. The third kappa shape index (κ3) is 3.71. The van der Waals surface area contributed by atoms with E-state index in [0.717, 1.165) is 19.3 Å². The molecule has 1 saturated carbocycles. The maximum Gasteiger partial charge on any atom is 0.240 e. The molecule has 1 aliphatic carbocycles. The van der Waals surface area contributed by atoms with Crippen molar-refractivity contribution in [2.24, 2.45) is 11.8 Å². The number of rotatable bonds is 4. The van der Waals surface area contributed by atoms with Crippen LogP contribution in [0.3, 0.4) is 0 Å². The van der Waals surface area contributed by atoms with Crippen LogP contribution in [-0.2, 0) is 10.0 Å². The van der Waals surface area contributed by atoms with E-state index in [4.69, 9.17) is 0 Å². The van der Waals surface area contributed by atoms with Crippen LogP contribution in [0.15, 0.2) is 29.2 Å². The highest BCUT2D eigenvalue weighted by Gasteiger charge is 2.30. The summed E-state index contributed by atoms with van der Waals surface area (Å²) in [6, 6.07) is 6.19. The molecule has 5 heteroatoms. The topological polar surface area (TPSA) is 63.2 Å². The molecule has 0 unspecified atom stereocenters. The molecule has 4 nitrogen and oxygen atoms in total. The van der Waals surface area contributed by atoms with Gasteiger partial charge in [-0.05, 0) is 37.3 Å². The summed E-state index contributed by atoms with van der Waals surface area (Å²) in [7, 11) is -3.57. The largest absolute Gasteiger partial charge is 0.295 e. The van der Waals surface area contributed by atoms with Crippen LogP contribution in [0.4, 0.5) is 0 Å². The molecular weight excluding hydrogens is 286 g/mol. The highest BCUT2D eigenvalue weighted by Crippen LogP contribution is 2.30. The highest BCUT2D eigenvalue weighted by molar-refractivity contribution is 7.89. The van der Waals surface area contributed by atoms with Gasteiger partial charge >= 0.3 is 0 Å². The van der Waals surface area contributed by atoms with Gasteiger partial charge in [0, 0.05) is 11.6 Å². The van der Waals surface area contributed by atoms with Crippen molar-refractivity contribution in [2.45, 2.75) is 51.0 Å². The molecule has 1 fully saturated rings. The predicted octanol–water partition coefficient (Wildman–Crippen LogP) is 2.99. The Morgan fingerprint density at radius 3 is 2.62 bits per heavy atom. The molecule has 116 valence electrons. The van der Waals surface area contributed by atoms with Crippen molar-refractivity contribution in [2.75, 3.05) is 0 Å². The van der Waals surface area contributed by atoms with Gasteiger partial charge in [0.2, 0.25) is 10.0 Å². The van der Waals surface area contributed by atoms with E-state index in [1.54, 1.807) is 12.1 Å². The minimum Gasteiger partial charge on any atom is -0.295 e. The van der Waals surface area contributed by atoms with Gasteiger partial charge in [-0.25, -0.2) is 13.1 Å². The van der Waals surface area contributed by atoms with E-state index in [-0.39, 0.29) is 16.7 Å². The molecule has 2 rings (SSSR count). The maximum absolute atomic E-state index is 12.5. The molecule has 0 bridgehead atoms. The Balaban J connectivity index is 2.22. The summed E-state index contributed by atoms with van der Waals surface area (Å²) in [4.78, 5) is 11.6. The second-order valence-corrected chi connectivity index (χ2v) is 7.79. The van der Waals surface area contributed by atoms with Crippen molar-refractivity contribution in [3.63, 3.8) is 0 Å². The highest BCUT2D eigenvalue weighted by atomic mass is 32.2. The zero-order valence-electron chi connectivity index (χ0n) is 12.8. The standard InChI is InChI=1S/C16H23NO3S/c1-11-6-4-9-16(12(11)2)17-21(19,20)15-8-5-7-14(10-15)13(3)18/h5,7-8,10-12,16-17H,4,6,9H2,1-3H3/t11-,12+,16-/m0/s1. The molecule has 1 N–H and O–H groups in total. The van der Waals surface area contributed by atoms with E-state index in [9.17, 15) is 13.2 Å². The van der Waals surface area contributed by atoms with Crippen molar-refractivity contribution >= 4 is 15.8 Å². The van der Waals surface area contributed by atoms with E-state index in [0.29, 0.717) is 17.4 Å². The summed E-state index contributed by atoms with van der Waals surface area (Å²) in [5, 5.41) is 0. The lowest BCUT2D eigenvalue weighted by atomic mass is 9.78. The monoisotopic (exact) mass is 309 g/mol. The number of sulfonamides is 1. The Hall–Kier alpha value is -1.20. The van der Waals surface area contributed by atoms with Gasteiger partial charge in [0.05, 0.1) is 4.90 Å². The van der Waals surface area contributed by atoms with Crippen LogP contribution in [0.2, 0.25) is 0 Å². The molecule has 0 amide bonds. The summed E-state index contributed by atoms with van der Waals surface area (Å²) in [5.41, 5.74) is 0.419. The number of ketones is 1. The number of nitrogens with one attached hydrogen (secondary N) is 1. The predicted molar refractivity (Wildman–Crippen MR) is 82.7 cm³/mol. The average molecular weight is 309 g/mol. The van der Waals surface area contributed by atoms with Crippen LogP contribution in [0, 0.1) is 11.8 Å². The fraction of sp³-hybridized carbons (Fsp3) is 0.562. The number of carbonyl (C=O) groups excluding carboxylic acids is 1. The number of carbonyl (C=O) groups is 1. The quantitative estimate of drug-likeness (QED) is 0.870. The molecule has 1 aromatic rings. The van der Waals surface area contributed by atoms with Crippen LogP contribution < -0.4 is 4.72 Å². The molecule has 3 atom stereocenters. The Morgan fingerprint density at radius 2 is 1.95 bits per heavy atom. The van der Waals surface area contributed by atoms with Crippen molar-refractivity contribution in [1.82, 2.24) is 4.72 Å². The van der Waals surface area contributed by atoms with E-state index in [2.05, 4.69) is 18.6 Å². The average Bonchev–Trinajstić information content (AvgIpc) is 2.44. The minimum atomic E-state index is -3.57. The first kappa shape index (κ1) is 16.2. The molecular formula is C16H23NO3S. The zero-order valence-corrected chi connectivity index (χ0v) is 13.6. The van der Waals surface area contributed by atoms with Crippen LogP contribution in [0.25, 0.3) is 0 Å². The lowest BCUT2D eigenvalue weighted by molar-refractivity contribution is 0.101. The molecule has 0 radical (unpaired) electrons. The van der Waals surface area contributed by atoms with E-state index < -0.39 is 10.0 Å². The SMILES string of the molecule is CC(=O)c1cccc(S(=O)(=O)N[C@H]2CCC[C@H](C)[C@H]2C)c1. The molecule has 1 aliphatic rings. The minimum absolute atomic E-state index is 0.0280. The second kappa shape index (κ2) is 6.28. The van der Waals surface area contributed by atoms with Crippen molar-refractivity contribution in [3.05, 3.63) is 29.8 Å². The van der Waals surface area contributed by atoms with Gasteiger partial charge in [-0.15, -0.1) is 0 Å². The number of Topliss-reactive ketones (excluding diaryl/α,β-unsaturated/α-hetero) is 1. The number of hydrogen-bond donors (Lipinski definition) is 1. The Bertz CT molecular complexity index is 624. The van der Waals surface area contributed by atoms with Crippen molar-refractivity contribution in [3.8, 4) is 0 Å². The first-order valence-electron chi connectivity index (χ1n) is 7.44. The number of benzene rings is 1. The molecule has 0 aromatic heterocycles. The van der Waals surface area contributed by atoms with Crippen LogP contribution in [0.1, 0.15) is 50.4 Å².